The fourth-order valence-electron chi connectivity index (χ4n) is 2.59. The molecule has 0 saturated heterocycles. The lowest BCUT2D eigenvalue weighted by Gasteiger charge is -2.08. The highest BCUT2D eigenvalue weighted by Gasteiger charge is 2.69. The number of hydrogen-bond donors (Lipinski definition) is 0. The van der Waals surface area contributed by atoms with Crippen molar-refractivity contribution in [3.63, 3.8) is 0 Å². The summed E-state index contributed by atoms with van der Waals surface area (Å²) in [5.41, 5.74) is 0. The van der Waals surface area contributed by atoms with Gasteiger partial charge in [-0.1, -0.05) is 43.6 Å². The summed E-state index contributed by atoms with van der Waals surface area (Å²) in [5, 5.41) is 32.3. The minimum absolute atomic E-state index is 0.0218. The van der Waals surface area contributed by atoms with E-state index in [1.54, 1.807) is 0 Å². The van der Waals surface area contributed by atoms with E-state index in [2.05, 4.69) is 6.08 Å². The summed E-state index contributed by atoms with van der Waals surface area (Å²) in [6.45, 7) is 0. The summed E-state index contributed by atoms with van der Waals surface area (Å²) >= 11 is 0. The Morgan fingerprint density at radius 2 is 1.14 bits per heavy atom. The number of nitro groups is 3. The van der Waals surface area contributed by atoms with Crippen LogP contribution in [0.4, 0.5) is 0 Å². The van der Waals surface area contributed by atoms with Crippen molar-refractivity contribution in [1.29, 1.82) is 0 Å². The second-order valence-corrected chi connectivity index (χ2v) is 6.42. The van der Waals surface area contributed by atoms with Crippen molar-refractivity contribution in [3.8, 4) is 0 Å². The van der Waals surface area contributed by atoms with Crippen molar-refractivity contribution < 1.29 is 19.6 Å². The maximum Gasteiger partial charge on any atom is 0.699 e. The Morgan fingerprint density at radius 1 is 0.679 bits per heavy atom. The maximum absolute atomic E-state index is 10.8. The summed E-state index contributed by atoms with van der Waals surface area (Å²) in [5.74, 6) is -3.35. The first-order valence-corrected chi connectivity index (χ1v) is 9.48. The number of nitrogens with zero attached hydrogens (tertiary/aromatic N) is 3. The van der Waals surface area contributed by atoms with E-state index in [4.69, 9.17) is 0 Å². The number of carbonyl (C=O) groups excluding carboxylic acids is 1. The Hall–Kier alpha value is -2.65. The molecule has 28 heavy (non-hydrogen) atoms. The van der Waals surface area contributed by atoms with Crippen molar-refractivity contribution in [2.45, 2.75) is 82.8 Å². The topological polar surface area (TPSA) is 146 Å². The van der Waals surface area contributed by atoms with E-state index in [9.17, 15) is 35.1 Å². The fourth-order valence-corrected chi connectivity index (χ4v) is 2.59. The van der Waals surface area contributed by atoms with Crippen LogP contribution in [-0.4, -0.2) is 26.8 Å². The molecule has 0 aliphatic rings. The van der Waals surface area contributed by atoms with Gasteiger partial charge in [0, 0.05) is 6.42 Å². The molecule has 0 aliphatic carbocycles. The van der Waals surface area contributed by atoms with Crippen LogP contribution in [0.3, 0.4) is 0 Å². The molecule has 0 aromatic rings. The summed E-state index contributed by atoms with van der Waals surface area (Å²) in [6.07, 6.45) is 17.7. The molecule has 0 N–H and O–H groups in total. The molecule has 0 amide bonds. The van der Waals surface area contributed by atoms with Gasteiger partial charge in [0.1, 0.15) is 0 Å². The largest absolute Gasteiger partial charge is 0.699 e. The first kappa shape index (κ1) is 25.4. The van der Waals surface area contributed by atoms with E-state index in [0.29, 0.717) is 19.3 Å². The van der Waals surface area contributed by atoms with Gasteiger partial charge in [-0.3, -0.25) is 35.1 Å². The zero-order valence-electron chi connectivity index (χ0n) is 16.0. The summed E-state index contributed by atoms with van der Waals surface area (Å²) in [6, 6.07) is 0. The summed E-state index contributed by atoms with van der Waals surface area (Å²) < 4.78 is 0. The molecule has 0 bridgehead atoms. The van der Waals surface area contributed by atoms with E-state index in [0.717, 1.165) is 44.9 Å². The Morgan fingerprint density at radius 3 is 1.64 bits per heavy atom. The van der Waals surface area contributed by atoms with Gasteiger partial charge in [-0.15, -0.1) is 0 Å². The van der Waals surface area contributed by atoms with Gasteiger partial charge in [0.2, 0.25) is 0 Å². The van der Waals surface area contributed by atoms with Crippen LogP contribution >= 0.6 is 0 Å². The average molecular weight is 398 g/mol. The third-order valence-electron chi connectivity index (χ3n) is 4.27. The predicted octanol–water partition coefficient (Wildman–Crippen LogP) is 4.37. The molecular formula is C18H28N3O7. The maximum atomic E-state index is 10.8. The lowest BCUT2D eigenvalue weighted by molar-refractivity contribution is -0.970. The second kappa shape index (κ2) is 15.4. The SMILES string of the molecule is O=[C]CCCCCCCC=CCC=CCCCCC([N+](=O)[O-])([N+](=O)[O-])[N+](=O)[O-]. The van der Waals surface area contributed by atoms with Gasteiger partial charge in [0.05, 0.1) is 0 Å². The third-order valence-corrected chi connectivity index (χ3v) is 4.27. The number of unbranched alkanes of at least 4 members (excludes halogenated alkanes) is 8. The van der Waals surface area contributed by atoms with Crippen LogP contribution in [0.25, 0.3) is 0 Å². The Labute approximate surface area is 164 Å². The van der Waals surface area contributed by atoms with Gasteiger partial charge in [0.25, 0.3) is 0 Å². The highest BCUT2D eigenvalue weighted by atomic mass is 16.7. The molecule has 0 heterocycles. The molecule has 0 aromatic heterocycles. The monoisotopic (exact) mass is 398 g/mol. The quantitative estimate of drug-likeness (QED) is 0.109. The molecular weight excluding hydrogens is 370 g/mol. The zero-order chi connectivity index (χ0) is 21.3. The van der Waals surface area contributed by atoms with Gasteiger partial charge in [-0.05, 0) is 44.9 Å². The van der Waals surface area contributed by atoms with Crippen molar-refractivity contribution in [3.05, 3.63) is 54.6 Å². The molecule has 0 fully saturated rings. The van der Waals surface area contributed by atoms with Crippen molar-refractivity contribution in [2.24, 2.45) is 0 Å². The van der Waals surface area contributed by atoms with E-state index in [1.807, 2.05) is 24.5 Å². The van der Waals surface area contributed by atoms with Gasteiger partial charge >= 0.3 is 5.79 Å². The van der Waals surface area contributed by atoms with E-state index < -0.39 is 27.0 Å². The zero-order valence-corrected chi connectivity index (χ0v) is 16.0. The molecule has 1 radical (unpaired) electrons. The fraction of sp³-hybridized carbons (Fsp3) is 0.722. The van der Waals surface area contributed by atoms with Crippen molar-refractivity contribution in [1.82, 2.24) is 0 Å². The molecule has 0 aromatic carbocycles. The van der Waals surface area contributed by atoms with Crippen LogP contribution in [0.2, 0.25) is 0 Å². The molecule has 10 nitrogen and oxygen atoms in total. The van der Waals surface area contributed by atoms with E-state index in [1.165, 1.54) is 0 Å². The minimum atomic E-state index is -3.35. The van der Waals surface area contributed by atoms with Crippen LogP contribution in [0.5, 0.6) is 0 Å². The molecule has 0 aliphatic heterocycles. The first-order chi connectivity index (χ1) is 13.4. The van der Waals surface area contributed by atoms with Crippen LogP contribution in [-0.2, 0) is 4.79 Å². The van der Waals surface area contributed by atoms with Gasteiger partial charge < -0.3 is 0 Å². The van der Waals surface area contributed by atoms with Crippen LogP contribution in [0, 0.1) is 30.3 Å². The predicted molar refractivity (Wildman–Crippen MR) is 103 cm³/mol. The molecule has 0 rings (SSSR count). The lowest BCUT2D eigenvalue weighted by atomic mass is 10.1. The summed E-state index contributed by atoms with van der Waals surface area (Å²) in [7, 11) is 0. The standard InChI is InChI=1S/C18H28N3O7/c22-17-15-13-11-9-7-5-3-1-2-4-6-8-10-12-14-16-18(19(23)24,20(25)26)21(27)28/h1-2,6,8H,3-5,7,9-16H2. The second-order valence-electron chi connectivity index (χ2n) is 6.42. The molecule has 0 atom stereocenters. The van der Waals surface area contributed by atoms with E-state index in [-0.39, 0.29) is 6.42 Å². The minimum Gasteiger partial charge on any atom is -0.291 e. The van der Waals surface area contributed by atoms with Crippen LogP contribution in [0.15, 0.2) is 24.3 Å². The highest BCUT2D eigenvalue weighted by Crippen LogP contribution is 2.21. The third kappa shape index (κ3) is 9.89. The Bertz CT molecular complexity index is 525. The van der Waals surface area contributed by atoms with Gasteiger partial charge in [-0.2, -0.15) is 0 Å². The lowest BCUT2D eigenvalue weighted by Crippen LogP contribution is -2.53. The Kier molecular flexibility index (Phi) is 14.0. The average Bonchev–Trinajstić information content (AvgIpc) is 2.63. The van der Waals surface area contributed by atoms with Crippen molar-refractivity contribution in [2.75, 3.05) is 0 Å². The molecule has 10 heteroatoms. The summed E-state index contributed by atoms with van der Waals surface area (Å²) in [4.78, 5) is 38.1. The van der Waals surface area contributed by atoms with Crippen molar-refractivity contribution >= 4 is 6.29 Å². The van der Waals surface area contributed by atoms with Crippen LogP contribution < -0.4 is 0 Å². The van der Waals surface area contributed by atoms with Crippen LogP contribution in [0.1, 0.15) is 77.0 Å². The molecule has 0 saturated carbocycles. The Balaban J connectivity index is 3.85. The number of allylic oxidation sites excluding steroid dienone is 4. The molecule has 157 valence electrons. The van der Waals surface area contributed by atoms with Gasteiger partial charge in [0.15, 0.2) is 27.5 Å². The smallest absolute Gasteiger partial charge is 0.291 e. The molecule has 0 unspecified atom stereocenters. The molecule has 0 spiro atoms. The van der Waals surface area contributed by atoms with E-state index >= 15 is 0 Å². The normalized spacial score (nSPS) is 11.9. The first-order valence-electron chi connectivity index (χ1n) is 9.48. The number of hydrogen-bond acceptors (Lipinski definition) is 7. The number of rotatable bonds is 18. The highest BCUT2D eigenvalue weighted by molar-refractivity contribution is 5.50. The van der Waals surface area contributed by atoms with Gasteiger partial charge in [-0.25, -0.2) is 0 Å².